The lowest BCUT2D eigenvalue weighted by molar-refractivity contribution is -0.122. The Balaban J connectivity index is 1.78. The van der Waals surface area contributed by atoms with Crippen molar-refractivity contribution in [3.8, 4) is 0 Å². The fraction of sp³-hybridized carbons (Fsp3) is 0.538. The molecular formula is C13H16ClN3O. The summed E-state index contributed by atoms with van der Waals surface area (Å²) in [6, 6.07) is 2.21. The fourth-order valence-corrected chi connectivity index (χ4v) is 2.68. The lowest BCUT2D eigenvalue weighted by Gasteiger charge is -2.26. The Hall–Kier alpha value is -1.29. The standard InChI is InChI=1S/C13H16ClN3O/c14-10-8-15-6-5-11(10)17-7-1-2-12(17)13(18)16-9-3-4-9/h5-6,8-9,12H,1-4,7H2,(H,16,18)/t12-/m0/s1. The predicted molar refractivity (Wildman–Crippen MR) is 70.8 cm³/mol. The number of nitrogens with zero attached hydrogens (tertiary/aromatic N) is 2. The Morgan fingerprint density at radius 1 is 1.44 bits per heavy atom. The molecule has 0 aromatic carbocycles. The summed E-state index contributed by atoms with van der Waals surface area (Å²) in [6.07, 6.45) is 7.52. The van der Waals surface area contributed by atoms with Gasteiger partial charge in [0.15, 0.2) is 0 Å². The third kappa shape index (κ3) is 2.29. The third-order valence-corrected chi connectivity index (χ3v) is 3.83. The first-order chi connectivity index (χ1) is 8.75. The van der Waals surface area contributed by atoms with E-state index in [2.05, 4.69) is 15.2 Å². The second kappa shape index (κ2) is 4.76. The van der Waals surface area contributed by atoms with Crippen molar-refractivity contribution >= 4 is 23.2 Å². The van der Waals surface area contributed by atoms with Crippen molar-refractivity contribution in [3.63, 3.8) is 0 Å². The number of amides is 1. The number of carbonyl (C=O) groups excluding carboxylic acids is 1. The van der Waals surface area contributed by atoms with Crippen LogP contribution in [0, 0.1) is 0 Å². The minimum absolute atomic E-state index is 0.0782. The van der Waals surface area contributed by atoms with Gasteiger partial charge in [0.1, 0.15) is 6.04 Å². The van der Waals surface area contributed by atoms with E-state index in [9.17, 15) is 4.79 Å². The summed E-state index contributed by atoms with van der Waals surface area (Å²) in [7, 11) is 0. The molecule has 1 aliphatic heterocycles. The largest absolute Gasteiger partial charge is 0.358 e. The van der Waals surface area contributed by atoms with Gasteiger partial charge in [-0.1, -0.05) is 11.6 Å². The highest BCUT2D eigenvalue weighted by molar-refractivity contribution is 6.33. The minimum Gasteiger partial charge on any atom is -0.358 e. The van der Waals surface area contributed by atoms with Crippen LogP contribution >= 0.6 is 11.6 Å². The molecule has 0 spiro atoms. The molecule has 0 radical (unpaired) electrons. The van der Waals surface area contributed by atoms with Gasteiger partial charge >= 0.3 is 0 Å². The molecule has 1 atom stereocenters. The van der Waals surface area contributed by atoms with Gasteiger partial charge in [-0.2, -0.15) is 0 Å². The predicted octanol–water partition coefficient (Wildman–Crippen LogP) is 1.98. The van der Waals surface area contributed by atoms with Gasteiger partial charge in [-0.05, 0) is 31.7 Å². The second-order valence-corrected chi connectivity index (χ2v) is 5.37. The van der Waals surface area contributed by atoms with E-state index in [0.717, 1.165) is 37.9 Å². The van der Waals surface area contributed by atoms with Gasteiger partial charge in [-0.25, -0.2) is 0 Å². The highest BCUT2D eigenvalue weighted by Crippen LogP contribution is 2.31. The van der Waals surface area contributed by atoms with Gasteiger partial charge < -0.3 is 10.2 Å². The summed E-state index contributed by atoms with van der Waals surface area (Å²) >= 11 is 6.16. The Labute approximate surface area is 111 Å². The molecule has 1 aromatic rings. The molecule has 3 rings (SSSR count). The summed E-state index contributed by atoms with van der Waals surface area (Å²) in [5.74, 6) is 0.142. The molecular weight excluding hydrogens is 250 g/mol. The van der Waals surface area contributed by atoms with Gasteiger partial charge in [0.25, 0.3) is 0 Å². The zero-order chi connectivity index (χ0) is 12.5. The van der Waals surface area contributed by atoms with Crippen LogP contribution in [0.1, 0.15) is 25.7 Å². The Morgan fingerprint density at radius 3 is 3.00 bits per heavy atom. The number of pyridine rings is 1. The summed E-state index contributed by atoms with van der Waals surface area (Å²) in [4.78, 5) is 18.3. The molecule has 2 aliphatic rings. The molecule has 2 heterocycles. The maximum absolute atomic E-state index is 12.2. The highest BCUT2D eigenvalue weighted by atomic mass is 35.5. The van der Waals surface area contributed by atoms with Crippen LogP contribution in [0.15, 0.2) is 18.5 Å². The van der Waals surface area contributed by atoms with E-state index in [1.54, 1.807) is 12.4 Å². The molecule has 2 fully saturated rings. The zero-order valence-electron chi connectivity index (χ0n) is 10.1. The summed E-state index contributed by atoms with van der Waals surface area (Å²) in [6.45, 7) is 0.881. The molecule has 1 aromatic heterocycles. The van der Waals surface area contributed by atoms with Crippen molar-refractivity contribution in [1.29, 1.82) is 0 Å². The molecule has 5 heteroatoms. The van der Waals surface area contributed by atoms with E-state index >= 15 is 0 Å². The van der Waals surface area contributed by atoms with Crippen molar-refractivity contribution in [2.24, 2.45) is 0 Å². The Bertz CT molecular complexity index is 461. The zero-order valence-corrected chi connectivity index (χ0v) is 10.9. The van der Waals surface area contributed by atoms with Crippen molar-refractivity contribution in [1.82, 2.24) is 10.3 Å². The molecule has 1 saturated heterocycles. The maximum Gasteiger partial charge on any atom is 0.242 e. The summed E-state index contributed by atoms with van der Waals surface area (Å²) in [5, 5.41) is 3.69. The molecule has 0 unspecified atom stereocenters. The second-order valence-electron chi connectivity index (χ2n) is 4.96. The van der Waals surface area contributed by atoms with Crippen LogP contribution in [0.5, 0.6) is 0 Å². The normalized spacial score (nSPS) is 23.2. The average Bonchev–Trinajstić information content (AvgIpc) is 3.04. The summed E-state index contributed by atoms with van der Waals surface area (Å²) in [5.41, 5.74) is 0.917. The molecule has 1 saturated carbocycles. The number of carbonyl (C=O) groups is 1. The monoisotopic (exact) mass is 265 g/mol. The van der Waals surface area contributed by atoms with Crippen LogP contribution in [-0.4, -0.2) is 29.5 Å². The van der Waals surface area contributed by atoms with Crippen LogP contribution in [0.4, 0.5) is 5.69 Å². The van der Waals surface area contributed by atoms with Crippen molar-refractivity contribution in [2.75, 3.05) is 11.4 Å². The molecule has 96 valence electrons. The number of anilines is 1. The smallest absolute Gasteiger partial charge is 0.242 e. The Kier molecular flexibility index (Phi) is 3.12. The van der Waals surface area contributed by atoms with Gasteiger partial charge in [0.05, 0.1) is 10.7 Å². The average molecular weight is 266 g/mol. The number of hydrogen-bond acceptors (Lipinski definition) is 3. The number of aromatic nitrogens is 1. The van der Waals surface area contributed by atoms with E-state index in [1.807, 2.05) is 6.07 Å². The lowest BCUT2D eigenvalue weighted by atomic mass is 10.2. The van der Waals surface area contributed by atoms with E-state index in [4.69, 9.17) is 11.6 Å². The van der Waals surface area contributed by atoms with E-state index in [0.29, 0.717) is 11.1 Å². The van der Waals surface area contributed by atoms with Gasteiger partial charge in [-0.3, -0.25) is 9.78 Å². The van der Waals surface area contributed by atoms with E-state index in [1.165, 1.54) is 0 Å². The molecule has 4 nitrogen and oxygen atoms in total. The minimum atomic E-state index is -0.0782. The van der Waals surface area contributed by atoms with Gasteiger partial charge in [0.2, 0.25) is 5.91 Å². The number of nitrogens with one attached hydrogen (secondary N) is 1. The Morgan fingerprint density at radius 2 is 2.28 bits per heavy atom. The van der Waals surface area contributed by atoms with Gasteiger partial charge in [0, 0.05) is 25.0 Å². The molecule has 0 bridgehead atoms. The maximum atomic E-state index is 12.2. The summed E-state index contributed by atoms with van der Waals surface area (Å²) < 4.78 is 0. The first kappa shape index (κ1) is 11.8. The molecule has 18 heavy (non-hydrogen) atoms. The van der Waals surface area contributed by atoms with Crippen LogP contribution in [0.2, 0.25) is 5.02 Å². The van der Waals surface area contributed by atoms with Crippen molar-refractivity contribution in [2.45, 2.75) is 37.8 Å². The quantitative estimate of drug-likeness (QED) is 0.909. The number of rotatable bonds is 3. The third-order valence-electron chi connectivity index (χ3n) is 3.54. The van der Waals surface area contributed by atoms with Crippen molar-refractivity contribution < 1.29 is 4.79 Å². The van der Waals surface area contributed by atoms with E-state index < -0.39 is 0 Å². The molecule has 1 aliphatic carbocycles. The van der Waals surface area contributed by atoms with E-state index in [-0.39, 0.29) is 11.9 Å². The number of halogens is 1. The van der Waals surface area contributed by atoms with Crippen molar-refractivity contribution in [3.05, 3.63) is 23.5 Å². The highest BCUT2D eigenvalue weighted by Gasteiger charge is 2.34. The van der Waals surface area contributed by atoms with Crippen LogP contribution in [0.25, 0.3) is 0 Å². The van der Waals surface area contributed by atoms with Crippen LogP contribution in [0.3, 0.4) is 0 Å². The fourth-order valence-electron chi connectivity index (χ4n) is 2.45. The van der Waals surface area contributed by atoms with Crippen LogP contribution < -0.4 is 10.2 Å². The topological polar surface area (TPSA) is 45.2 Å². The first-order valence-electron chi connectivity index (χ1n) is 6.42. The molecule has 1 N–H and O–H groups in total. The molecule has 1 amide bonds. The number of hydrogen-bond donors (Lipinski definition) is 1. The first-order valence-corrected chi connectivity index (χ1v) is 6.80. The van der Waals surface area contributed by atoms with Gasteiger partial charge in [-0.15, -0.1) is 0 Å². The lowest BCUT2D eigenvalue weighted by Crippen LogP contribution is -2.44. The SMILES string of the molecule is O=C(NC1CC1)[C@@H]1CCCN1c1ccncc1Cl. The van der Waals surface area contributed by atoms with Crippen LogP contribution in [-0.2, 0) is 4.79 Å².